The van der Waals surface area contributed by atoms with Crippen LogP contribution >= 0.6 is 23.2 Å². The van der Waals surface area contributed by atoms with Gasteiger partial charge in [-0.15, -0.1) is 0 Å². The van der Waals surface area contributed by atoms with E-state index in [0.29, 0.717) is 56.6 Å². The lowest BCUT2D eigenvalue weighted by Gasteiger charge is -2.44. The van der Waals surface area contributed by atoms with Gasteiger partial charge in [0.2, 0.25) is 0 Å². The molecular weight excluding hydrogens is 671 g/mol. The minimum atomic E-state index is -1.14. The number of hydrogen-bond acceptors (Lipinski definition) is 8. The van der Waals surface area contributed by atoms with Crippen molar-refractivity contribution >= 4 is 41.0 Å². The number of carboxylic acids is 1. The van der Waals surface area contributed by atoms with E-state index < -0.39 is 18.0 Å². The number of rotatable bonds is 11. The van der Waals surface area contributed by atoms with Gasteiger partial charge < -0.3 is 24.5 Å². The van der Waals surface area contributed by atoms with Gasteiger partial charge in [0.25, 0.3) is 0 Å². The molecule has 3 saturated heterocycles. The summed E-state index contributed by atoms with van der Waals surface area (Å²) in [7, 11) is 3.04. The van der Waals surface area contributed by atoms with E-state index in [1.54, 1.807) is 48.8 Å². The zero-order valence-electron chi connectivity index (χ0n) is 27.1. The van der Waals surface area contributed by atoms with Gasteiger partial charge in [0, 0.05) is 24.2 Å². The average Bonchev–Trinajstić information content (AvgIpc) is 3.10. The number of anilines is 1. The second-order valence-electron chi connectivity index (χ2n) is 12.2. The number of piperidine rings is 3. The fraction of sp³-hybridized carbons (Fsp3) is 0.333. The number of halogens is 2. The zero-order valence-corrected chi connectivity index (χ0v) is 28.6. The molecule has 2 bridgehead atoms. The van der Waals surface area contributed by atoms with Crippen molar-refractivity contribution in [2.24, 2.45) is 5.92 Å². The topological polar surface area (TPSA) is 128 Å². The molecular formula is C36H36Cl2N4O7. The van der Waals surface area contributed by atoms with Gasteiger partial charge in [-0.2, -0.15) is 4.73 Å². The Morgan fingerprint density at radius 3 is 2.41 bits per heavy atom. The van der Waals surface area contributed by atoms with Gasteiger partial charge >= 0.3 is 12.1 Å². The Bertz CT molecular complexity index is 1810. The minimum Gasteiger partial charge on any atom is -0.619 e. The third kappa shape index (κ3) is 7.54. The lowest BCUT2D eigenvalue weighted by atomic mass is 9.82. The van der Waals surface area contributed by atoms with Crippen LogP contribution in [0.3, 0.4) is 0 Å². The van der Waals surface area contributed by atoms with Crippen LogP contribution in [0.4, 0.5) is 10.5 Å². The number of pyridine rings is 2. The number of carbonyl (C=O) groups is 2. The minimum absolute atomic E-state index is 0.0494. The van der Waals surface area contributed by atoms with Crippen molar-refractivity contribution < 1.29 is 33.6 Å². The second kappa shape index (κ2) is 14.9. The van der Waals surface area contributed by atoms with Gasteiger partial charge in [-0.1, -0.05) is 41.4 Å². The zero-order chi connectivity index (χ0) is 34.7. The Morgan fingerprint density at radius 1 is 1.06 bits per heavy atom. The van der Waals surface area contributed by atoms with Gasteiger partial charge in [-0.05, 0) is 85.3 Å². The number of hydrogen-bond donors (Lipinski definition) is 1. The number of nitrogens with zero attached hydrogens (tertiary/aromatic N) is 4. The molecule has 7 rings (SSSR count). The molecule has 49 heavy (non-hydrogen) atoms. The lowest BCUT2D eigenvalue weighted by molar-refractivity contribution is -0.605. The molecule has 1 amide bonds. The molecule has 2 atom stereocenters. The van der Waals surface area contributed by atoms with Crippen LogP contribution < -0.4 is 19.1 Å². The summed E-state index contributed by atoms with van der Waals surface area (Å²) >= 11 is 13.1. The second-order valence-corrected chi connectivity index (χ2v) is 13.1. The fourth-order valence-corrected chi connectivity index (χ4v) is 7.39. The normalized spacial score (nSPS) is 18.8. The van der Waals surface area contributed by atoms with Crippen molar-refractivity contribution in [1.82, 2.24) is 9.88 Å². The molecule has 3 fully saturated rings. The maximum Gasteiger partial charge on any atom is 0.414 e. The van der Waals surface area contributed by atoms with Crippen LogP contribution in [0.1, 0.15) is 51.4 Å². The van der Waals surface area contributed by atoms with Gasteiger partial charge in [0.15, 0.2) is 23.9 Å². The fourth-order valence-electron chi connectivity index (χ4n) is 6.79. The molecule has 0 unspecified atom stereocenters. The van der Waals surface area contributed by atoms with Crippen molar-refractivity contribution in [3.63, 3.8) is 0 Å². The van der Waals surface area contributed by atoms with Crippen LogP contribution in [0.5, 0.6) is 11.5 Å². The molecule has 5 heterocycles. The molecule has 2 aromatic carbocycles. The first-order valence-electron chi connectivity index (χ1n) is 15.9. The Balaban J connectivity index is 1.41. The van der Waals surface area contributed by atoms with E-state index in [2.05, 4.69) is 9.88 Å². The van der Waals surface area contributed by atoms with Crippen LogP contribution in [0.25, 0.3) is 0 Å². The van der Waals surface area contributed by atoms with E-state index in [9.17, 15) is 19.9 Å². The first kappa shape index (κ1) is 34.3. The van der Waals surface area contributed by atoms with Crippen molar-refractivity contribution in [2.45, 2.75) is 37.8 Å². The summed E-state index contributed by atoms with van der Waals surface area (Å²) in [6.45, 7) is 2.82. The maximum absolute atomic E-state index is 13.9. The van der Waals surface area contributed by atoms with Gasteiger partial charge in [0.1, 0.15) is 16.1 Å². The Morgan fingerprint density at radius 2 is 1.80 bits per heavy atom. The number of benzene rings is 2. The molecule has 0 spiro atoms. The molecule has 1 N–H and O–H groups in total. The van der Waals surface area contributed by atoms with Crippen LogP contribution in [0.15, 0.2) is 73.3 Å². The van der Waals surface area contributed by atoms with Crippen LogP contribution in [0, 0.1) is 11.1 Å². The summed E-state index contributed by atoms with van der Waals surface area (Å²) in [6, 6.07) is 13.8. The summed E-state index contributed by atoms with van der Waals surface area (Å²) in [6.07, 6.45) is 7.05. The standard InChI is InChI=1S/C36H36Cl2N4O7/c1-47-32-8-6-24(15-33(32)48-2)27(16-29-30(37)19-41(46)20-31(29)38)28-14-22(5-7-26(28)35(43)44)18-42(25-4-3-11-39-17-25)36(45)49-34-21-40-12-9-23(34)10-13-40/h3-8,11,14-15,17,19-20,23,27,34H,9-10,12-13,16,18,21H2,1-2H3,(H,43,44)/t27-,34-/m0/s1. The van der Waals surface area contributed by atoms with Crippen LogP contribution in [-0.4, -0.2) is 67.0 Å². The Hall–Kier alpha value is -4.58. The van der Waals surface area contributed by atoms with Crippen molar-refractivity contribution in [1.29, 1.82) is 0 Å². The highest BCUT2D eigenvalue weighted by Gasteiger charge is 2.37. The maximum atomic E-state index is 13.9. The van der Waals surface area contributed by atoms with Crippen molar-refractivity contribution in [3.8, 4) is 11.5 Å². The van der Waals surface area contributed by atoms with E-state index in [1.807, 2.05) is 6.07 Å². The number of methoxy groups -OCH3 is 2. The largest absolute Gasteiger partial charge is 0.619 e. The summed E-state index contributed by atoms with van der Waals surface area (Å²) in [5, 5.41) is 22.7. The van der Waals surface area contributed by atoms with E-state index in [1.165, 1.54) is 37.6 Å². The number of amides is 1. The highest BCUT2D eigenvalue weighted by Crippen LogP contribution is 2.39. The molecule has 4 aromatic rings. The van der Waals surface area contributed by atoms with Crippen LogP contribution in [0.2, 0.25) is 10.0 Å². The molecule has 13 heteroatoms. The van der Waals surface area contributed by atoms with Crippen molar-refractivity contribution in [2.75, 3.05) is 38.8 Å². The number of aromatic nitrogens is 2. The Labute approximate surface area is 294 Å². The smallest absolute Gasteiger partial charge is 0.414 e. The summed E-state index contributed by atoms with van der Waals surface area (Å²) in [5.41, 5.74) is 2.85. The molecule has 3 aliphatic heterocycles. The van der Waals surface area contributed by atoms with E-state index in [4.69, 9.17) is 37.4 Å². The molecule has 256 valence electrons. The first-order chi connectivity index (χ1) is 23.6. The number of aromatic carboxylic acids is 1. The first-order valence-corrected chi connectivity index (χ1v) is 16.7. The molecule has 3 aliphatic rings. The quantitative estimate of drug-likeness (QED) is 0.140. The summed E-state index contributed by atoms with van der Waals surface area (Å²) in [5.74, 6) is -0.511. The van der Waals surface area contributed by atoms with E-state index in [-0.39, 0.29) is 34.7 Å². The van der Waals surface area contributed by atoms with Gasteiger partial charge in [-0.25, -0.2) is 9.59 Å². The summed E-state index contributed by atoms with van der Waals surface area (Å²) < 4.78 is 17.7. The van der Waals surface area contributed by atoms with Gasteiger partial charge in [-0.3, -0.25) is 14.8 Å². The molecule has 0 saturated carbocycles. The molecule has 2 aromatic heterocycles. The predicted molar refractivity (Wildman–Crippen MR) is 184 cm³/mol. The van der Waals surface area contributed by atoms with Crippen LogP contribution in [-0.2, 0) is 17.7 Å². The monoisotopic (exact) mass is 706 g/mol. The predicted octanol–water partition coefficient (Wildman–Crippen LogP) is 6.35. The lowest BCUT2D eigenvalue weighted by Crippen LogP contribution is -2.53. The van der Waals surface area contributed by atoms with Gasteiger partial charge in [0.05, 0.1) is 38.2 Å². The number of fused-ring (bicyclic) bond motifs is 3. The van der Waals surface area contributed by atoms with E-state index >= 15 is 0 Å². The third-order valence-electron chi connectivity index (χ3n) is 9.36. The highest BCUT2D eigenvalue weighted by atomic mass is 35.5. The number of ether oxygens (including phenoxy) is 3. The van der Waals surface area contributed by atoms with E-state index in [0.717, 1.165) is 25.9 Å². The third-order valence-corrected chi connectivity index (χ3v) is 10.0. The molecule has 0 aliphatic carbocycles. The highest BCUT2D eigenvalue weighted by molar-refractivity contribution is 6.35. The number of carbonyl (C=O) groups excluding carboxylic acids is 1. The SMILES string of the molecule is COc1ccc([C@H](Cc2c(Cl)c[n+]([O-])cc2Cl)c2cc(CN(C(=O)O[C@H]3CN4CCC3CC4)c3cccnc3)ccc2C(=O)O)cc1OC. The Kier molecular flexibility index (Phi) is 10.4. The molecule has 11 nitrogen and oxygen atoms in total. The average molecular weight is 708 g/mol. The molecule has 0 radical (unpaired) electrons. The summed E-state index contributed by atoms with van der Waals surface area (Å²) in [4.78, 5) is 34.7. The van der Waals surface area contributed by atoms with Crippen molar-refractivity contribution in [3.05, 3.63) is 116 Å². The number of carboxylic acid groups (broad SMARTS) is 1.